The molecule has 2 N–H and O–H groups in total. The predicted molar refractivity (Wildman–Crippen MR) is 90.9 cm³/mol. The van der Waals surface area contributed by atoms with Crippen LogP contribution in [0.2, 0.25) is 0 Å². The van der Waals surface area contributed by atoms with Gasteiger partial charge >= 0.3 is 0 Å². The second-order valence-corrected chi connectivity index (χ2v) is 5.94. The molecule has 1 aliphatic heterocycles. The van der Waals surface area contributed by atoms with Gasteiger partial charge in [-0.05, 0) is 42.5 Å². The molecule has 23 heavy (non-hydrogen) atoms. The minimum absolute atomic E-state index is 0.138. The Hall–Kier alpha value is -2.14. The van der Waals surface area contributed by atoms with Crippen molar-refractivity contribution in [3.63, 3.8) is 0 Å². The lowest BCUT2D eigenvalue weighted by atomic mass is 10.1. The van der Waals surface area contributed by atoms with Gasteiger partial charge in [-0.1, -0.05) is 19.1 Å². The van der Waals surface area contributed by atoms with Crippen molar-refractivity contribution >= 4 is 23.6 Å². The second kappa shape index (κ2) is 8.48. The zero-order valence-electron chi connectivity index (χ0n) is 13.5. The summed E-state index contributed by atoms with van der Waals surface area (Å²) in [5, 5.41) is 11.6. The molecule has 1 unspecified atom stereocenters. The van der Waals surface area contributed by atoms with Crippen molar-refractivity contribution in [3.8, 4) is 0 Å². The second-order valence-electron chi connectivity index (χ2n) is 5.94. The predicted octanol–water partition coefficient (Wildman–Crippen LogP) is 1.96. The summed E-state index contributed by atoms with van der Waals surface area (Å²) in [4.78, 5) is 25.2. The van der Waals surface area contributed by atoms with Crippen LogP contribution in [0.3, 0.4) is 0 Å². The van der Waals surface area contributed by atoms with Crippen LogP contribution in [-0.2, 0) is 9.59 Å². The largest absolute Gasteiger partial charge is 0.396 e. The number of rotatable bonds is 7. The lowest BCUT2D eigenvalue weighted by molar-refractivity contribution is -0.117. The summed E-state index contributed by atoms with van der Waals surface area (Å²) in [5.41, 5.74) is 1.82. The van der Waals surface area contributed by atoms with E-state index >= 15 is 0 Å². The first-order valence-corrected chi connectivity index (χ1v) is 8.07. The van der Waals surface area contributed by atoms with Crippen LogP contribution in [0, 0.1) is 5.92 Å². The van der Waals surface area contributed by atoms with Gasteiger partial charge in [-0.25, -0.2) is 0 Å². The van der Waals surface area contributed by atoms with Crippen LogP contribution in [0.1, 0.15) is 31.7 Å². The van der Waals surface area contributed by atoms with Crippen LogP contribution in [-0.4, -0.2) is 36.6 Å². The number of aliphatic hydroxyl groups excluding tert-OH is 1. The molecule has 1 heterocycles. The number of hydrogen-bond acceptors (Lipinski definition) is 3. The van der Waals surface area contributed by atoms with Crippen molar-refractivity contribution in [2.75, 3.05) is 24.6 Å². The average Bonchev–Trinajstić information content (AvgIpc) is 2.98. The number of anilines is 1. The molecule has 124 valence electrons. The molecule has 0 bridgehead atoms. The first-order chi connectivity index (χ1) is 11.1. The van der Waals surface area contributed by atoms with E-state index < -0.39 is 0 Å². The Kier molecular flexibility index (Phi) is 6.35. The van der Waals surface area contributed by atoms with E-state index in [1.807, 2.05) is 31.2 Å². The van der Waals surface area contributed by atoms with E-state index in [0.29, 0.717) is 19.4 Å². The molecule has 0 aromatic heterocycles. The van der Waals surface area contributed by atoms with Gasteiger partial charge < -0.3 is 15.3 Å². The van der Waals surface area contributed by atoms with Crippen LogP contribution in [0.4, 0.5) is 5.69 Å². The third-order valence-electron chi connectivity index (χ3n) is 3.95. The molecule has 2 rings (SSSR count). The molecule has 1 atom stereocenters. The fourth-order valence-electron chi connectivity index (χ4n) is 2.51. The van der Waals surface area contributed by atoms with E-state index in [2.05, 4.69) is 5.32 Å². The Morgan fingerprint density at radius 1 is 1.39 bits per heavy atom. The molecule has 5 heteroatoms. The fraction of sp³-hybridized carbons (Fsp3) is 0.444. The SMILES string of the molecule is CC(CCO)CNC(=O)/C=C/c1ccc(N2CCCC2=O)cc1. The topological polar surface area (TPSA) is 69.6 Å². The number of carbonyl (C=O) groups excluding carboxylic acids is 2. The summed E-state index contributed by atoms with van der Waals surface area (Å²) in [6.07, 6.45) is 5.47. The van der Waals surface area contributed by atoms with Gasteiger partial charge in [0.2, 0.25) is 11.8 Å². The van der Waals surface area contributed by atoms with Gasteiger partial charge in [0.15, 0.2) is 0 Å². The molecule has 1 aliphatic rings. The van der Waals surface area contributed by atoms with Gasteiger partial charge in [-0.15, -0.1) is 0 Å². The highest BCUT2D eigenvalue weighted by Gasteiger charge is 2.21. The highest BCUT2D eigenvalue weighted by Crippen LogP contribution is 2.21. The Bertz CT molecular complexity index is 566. The molecule has 1 fully saturated rings. The van der Waals surface area contributed by atoms with Crippen LogP contribution in [0.5, 0.6) is 0 Å². The summed E-state index contributed by atoms with van der Waals surface area (Å²) in [6.45, 7) is 3.46. The number of nitrogens with zero attached hydrogens (tertiary/aromatic N) is 1. The van der Waals surface area contributed by atoms with Gasteiger partial charge in [0.05, 0.1) is 0 Å². The maximum atomic E-state index is 11.7. The van der Waals surface area contributed by atoms with Crippen LogP contribution < -0.4 is 10.2 Å². The minimum atomic E-state index is -0.145. The molecule has 0 radical (unpaired) electrons. The Morgan fingerprint density at radius 2 is 2.13 bits per heavy atom. The Morgan fingerprint density at radius 3 is 2.74 bits per heavy atom. The number of hydrogen-bond donors (Lipinski definition) is 2. The number of benzene rings is 1. The van der Waals surface area contributed by atoms with Gasteiger partial charge in [0.25, 0.3) is 0 Å². The van der Waals surface area contributed by atoms with Crippen LogP contribution in [0.25, 0.3) is 6.08 Å². The van der Waals surface area contributed by atoms with Crippen molar-refractivity contribution in [2.24, 2.45) is 5.92 Å². The molecule has 5 nitrogen and oxygen atoms in total. The highest BCUT2D eigenvalue weighted by atomic mass is 16.3. The molecule has 1 aromatic carbocycles. The Labute approximate surface area is 137 Å². The maximum absolute atomic E-state index is 11.7. The standard InChI is InChI=1S/C18H24N2O3/c1-14(10-12-21)13-19-17(22)9-6-15-4-7-16(8-5-15)20-11-2-3-18(20)23/h4-9,14,21H,2-3,10-13H2,1H3,(H,19,22)/b9-6+. The van der Waals surface area contributed by atoms with E-state index in [-0.39, 0.29) is 24.3 Å². The highest BCUT2D eigenvalue weighted by molar-refractivity contribution is 5.95. The van der Waals surface area contributed by atoms with E-state index in [9.17, 15) is 9.59 Å². The van der Waals surface area contributed by atoms with E-state index in [0.717, 1.165) is 24.2 Å². The third-order valence-corrected chi connectivity index (χ3v) is 3.95. The maximum Gasteiger partial charge on any atom is 0.244 e. The molecule has 0 aliphatic carbocycles. The van der Waals surface area contributed by atoms with Crippen molar-refractivity contribution < 1.29 is 14.7 Å². The summed E-state index contributed by atoms with van der Waals surface area (Å²) in [6, 6.07) is 7.62. The normalized spacial score (nSPS) is 16.1. The third kappa shape index (κ3) is 5.21. The molecule has 2 amide bonds. The van der Waals surface area contributed by atoms with Crippen LogP contribution in [0.15, 0.2) is 30.3 Å². The average molecular weight is 316 g/mol. The fourth-order valence-corrected chi connectivity index (χ4v) is 2.51. The summed E-state index contributed by atoms with van der Waals surface area (Å²) < 4.78 is 0. The number of aliphatic hydroxyl groups is 1. The molecule has 0 spiro atoms. The number of nitrogens with one attached hydrogen (secondary N) is 1. The lowest BCUT2D eigenvalue weighted by Crippen LogP contribution is -2.26. The lowest BCUT2D eigenvalue weighted by Gasteiger charge is -2.15. The van der Waals surface area contributed by atoms with Gasteiger partial charge in [0.1, 0.15) is 0 Å². The number of amides is 2. The first kappa shape index (κ1) is 17.2. The zero-order chi connectivity index (χ0) is 16.7. The monoisotopic (exact) mass is 316 g/mol. The molecule has 1 saturated heterocycles. The molecule has 1 aromatic rings. The van der Waals surface area contributed by atoms with Crippen molar-refractivity contribution in [3.05, 3.63) is 35.9 Å². The molecular weight excluding hydrogens is 292 g/mol. The summed E-state index contributed by atoms with van der Waals surface area (Å²) >= 11 is 0. The quantitative estimate of drug-likeness (QED) is 0.756. The summed E-state index contributed by atoms with van der Waals surface area (Å²) in [7, 11) is 0. The first-order valence-electron chi connectivity index (χ1n) is 8.07. The minimum Gasteiger partial charge on any atom is -0.396 e. The van der Waals surface area contributed by atoms with Crippen molar-refractivity contribution in [2.45, 2.75) is 26.2 Å². The van der Waals surface area contributed by atoms with Gasteiger partial charge in [0, 0.05) is 37.9 Å². The van der Waals surface area contributed by atoms with Gasteiger partial charge in [-0.3, -0.25) is 9.59 Å². The smallest absolute Gasteiger partial charge is 0.244 e. The van der Waals surface area contributed by atoms with Crippen molar-refractivity contribution in [1.82, 2.24) is 5.32 Å². The molecular formula is C18H24N2O3. The Balaban J connectivity index is 1.85. The van der Waals surface area contributed by atoms with Crippen molar-refractivity contribution in [1.29, 1.82) is 0 Å². The van der Waals surface area contributed by atoms with E-state index in [1.54, 1.807) is 11.0 Å². The summed E-state index contributed by atoms with van der Waals surface area (Å²) in [5.74, 6) is 0.285. The van der Waals surface area contributed by atoms with Gasteiger partial charge in [-0.2, -0.15) is 0 Å². The zero-order valence-corrected chi connectivity index (χ0v) is 13.5. The van der Waals surface area contributed by atoms with Crippen LogP contribution >= 0.6 is 0 Å². The molecule has 0 saturated carbocycles. The van der Waals surface area contributed by atoms with E-state index in [1.165, 1.54) is 6.08 Å². The number of carbonyl (C=O) groups is 2. The van der Waals surface area contributed by atoms with E-state index in [4.69, 9.17) is 5.11 Å².